The number of amides is 2. The molecule has 0 aromatic rings. The molecule has 0 radical (unpaired) electrons. The number of carboxylic acid groups (broad SMARTS) is 1. The summed E-state index contributed by atoms with van der Waals surface area (Å²) >= 11 is 0. The molecular formula is C13H22N2O4. The number of hydrogen-bond donors (Lipinski definition) is 2. The van der Waals surface area contributed by atoms with Crippen LogP contribution in [0.25, 0.3) is 0 Å². The quantitative estimate of drug-likeness (QED) is 0.731. The Balaban J connectivity index is 1.94. The standard InChI is InChI=1S/C13H22N2O4/c1-9-4-6-15(8-11(9)16)13(19)14-5-2-3-10(7-14)12(17)18/h9-11,16H,2-8H2,1H3,(H,17,18)/t9?,10-,11?/m0/s1. The Morgan fingerprint density at radius 3 is 2.42 bits per heavy atom. The fraction of sp³-hybridized carbons (Fsp3) is 0.846. The van der Waals surface area contributed by atoms with Crippen molar-refractivity contribution in [2.24, 2.45) is 11.8 Å². The number of carboxylic acids is 1. The van der Waals surface area contributed by atoms with Crippen molar-refractivity contribution in [2.45, 2.75) is 32.3 Å². The number of carbonyl (C=O) groups is 2. The number of carbonyl (C=O) groups excluding carboxylic acids is 1. The first kappa shape index (κ1) is 14.1. The van der Waals surface area contributed by atoms with Gasteiger partial charge in [0.1, 0.15) is 0 Å². The van der Waals surface area contributed by atoms with Crippen molar-refractivity contribution < 1.29 is 19.8 Å². The van der Waals surface area contributed by atoms with Gasteiger partial charge in [-0.1, -0.05) is 6.92 Å². The fourth-order valence-electron chi connectivity index (χ4n) is 2.78. The number of aliphatic carboxylic acids is 1. The lowest BCUT2D eigenvalue weighted by Crippen LogP contribution is -2.53. The lowest BCUT2D eigenvalue weighted by molar-refractivity contribution is -0.143. The zero-order valence-corrected chi connectivity index (χ0v) is 11.3. The van der Waals surface area contributed by atoms with Gasteiger partial charge in [-0.2, -0.15) is 0 Å². The third kappa shape index (κ3) is 3.18. The van der Waals surface area contributed by atoms with Crippen LogP contribution in [0.5, 0.6) is 0 Å². The second kappa shape index (κ2) is 5.77. The van der Waals surface area contributed by atoms with Crippen LogP contribution in [0.1, 0.15) is 26.2 Å². The van der Waals surface area contributed by atoms with Gasteiger partial charge in [-0.05, 0) is 25.2 Å². The third-order valence-corrected chi connectivity index (χ3v) is 4.23. The number of likely N-dealkylation sites (tertiary alicyclic amines) is 2. The Morgan fingerprint density at radius 2 is 1.79 bits per heavy atom. The van der Waals surface area contributed by atoms with E-state index < -0.39 is 18.0 Å². The first-order valence-electron chi connectivity index (χ1n) is 6.93. The average molecular weight is 270 g/mol. The minimum Gasteiger partial charge on any atom is -0.481 e. The van der Waals surface area contributed by atoms with Gasteiger partial charge >= 0.3 is 12.0 Å². The molecule has 2 unspecified atom stereocenters. The SMILES string of the molecule is CC1CCN(C(=O)N2CCC[C@H](C(=O)O)C2)CC1O. The second-order valence-corrected chi connectivity index (χ2v) is 5.69. The van der Waals surface area contributed by atoms with E-state index in [1.807, 2.05) is 6.92 Å². The summed E-state index contributed by atoms with van der Waals surface area (Å²) in [4.78, 5) is 26.6. The van der Waals surface area contributed by atoms with Gasteiger partial charge in [0.2, 0.25) is 0 Å². The van der Waals surface area contributed by atoms with Crippen molar-refractivity contribution in [1.82, 2.24) is 9.80 Å². The Hall–Kier alpha value is -1.30. The maximum Gasteiger partial charge on any atom is 0.320 e. The van der Waals surface area contributed by atoms with Crippen LogP contribution in [-0.2, 0) is 4.79 Å². The number of piperidine rings is 2. The van der Waals surface area contributed by atoms with Gasteiger partial charge in [0.15, 0.2) is 0 Å². The summed E-state index contributed by atoms with van der Waals surface area (Å²) in [5.41, 5.74) is 0. The monoisotopic (exact) mass is 270 g/mol. The van der Waals surface area contributed by atoms with Crippen molar-refractivity contribution in [2.75, 3.05) is 26.2 Å². The highest BCUT2D eigenvalue weighted by Gasteiger charge is 2.33. The van der Waals surface area contributed by atoms with Crippen molar-refractivity contribution in [3.8, 4) is 0 Å². The highest BCUT2D eigenvalue weighted by molar-refractivity contribution is 5.76. The third-order valence-electron chi connectivity index (χ3n) is 4.23. The zero-order chi connectivity index (χ0) is 14.0. The van der Waals surface area contributed by atoms with Gasteiger partial charge in [0.05, 0.1) is 12.0 Å². The van der Waals surface area contributed by atoms with E-state index >= 15 is 0 Å². The molecule has 2 amide bonds. The molecule has 0 saturated carbocycles. The molecule has 0 aliphatic carbocycles. The van der Waals surface area contributed by atoms with Crippen LogP contribution < -0.4 is 0 Å². The van der Waals surface area contributed by atoms with E-state index in [0.29, 0.717) is 26.1 Å². The molecule has 0 spiro atoms. The van der Waals surface area contributed by atoms with Gasteiger partial charge < -0.3 is 20.0 Å². The molecule has 108 valence electrons. The van der Waals surface area contributed by atoms with E-state index in [-0.39, 0.29) is 18.5 Å². The molecule has 19 heavy (non-hydrogen) atoms. The normalized spacial score (nSPS) is 32.2. The summed E-state index contributed by atoms with van der Waals surface area (Å²) in [7, 11) is 0. The average Bonchev–Trinajstić information content (AvgIpc) is 2.41. The number of aliphatic hydroxyl groups excluding tert-OH is 1. The zero-order valence-electron chi connectivity index (χ0n) is 11.3. The summed E-state index contributed by atoms with van der Waals surface area (Å²) in [5.74, 6) is -1.06. The molecular weight excluding hydrogens is 248 g/mol. The minimum atomic E-state index is -0.829. The molecule has 2 rings (SSSR count). The molecule has 0 bridgehead atoms. The molecule has 0 aromatic heterocycles. The van der Waals surface area contributed by atoms with E-state index in [0.717, 1.165) is 12.8 Å². The summed E-state index contributed by atoms with van der Waals surface area (Å²) in [6, 6.07) is -0.128. The number of β-amino-alcohol motifs (C(OH)–C–C–N with tert-alkyl or cyclic N) is 1. The molecule has 2 fully saturated rings. The van der Waals surface area contributed by atoms with Gasteiger partial charge in [-0.25, -0.2) is 4.79 Å². The summed E-state index contributed by atoms with van der Waals surface area (Å²) in [6.45, 7) is 3.88. The molecule has 2 saturated heterocycles. The van der Waals surface area contributed by atoms with E-state index in [2.05, 4.69) is 0 Å². The predicted molar refractivity (Wildman–Crippen MR) is 68.7 cm³/mol. The summed E-state index contributed by atoms with van der Waals surface area (Å²) in [6.07, 6.45) is 1.69. The summed E-state index contributed by atoms with van der Waals surface area (Å²) < 4.78 is 0. The van der Waals surface area contributed by atoms with Crippen LogP contribution >= 0.6 is 0 Å². The largest absolute Gasteiger partial charge is 0.481 e. The molecule has 2 heterocycles. The molecule has 2 aliphatic heterocycles. The number of urea groups is 1. The van der Waals surface area contributed by atoms with Gasteiger partial charge in [0.25, 0.3) is 0 Å². The second-order valence-electron chi connectivity index (χ2n) is 5.69. The summed E-state index contributed by atoms with van der Waals surface area (Å²) in [5, 5.41) is 18.9. The number of aliphatic hydroxyl groups is 1. The number of rotatable bonds is 1. The van der Waals surface area contributed by atoms with Crippen molar-refractivity contribution >= 4 is 12.0 Å². The van der Waals surface area contributed by atoms with Crippen LogP contribution in [0.3, 0.4) is 0 Å². The highest BCUT2D eigenvalue weighted by atomic mass is 16.4. The smallest absolute Gasteiger partial charge is 0.320 e. The molecule has 6 heteroatoms. The molecule has 2 aliphatic rings. The Morgan fingerprint density at radius 1 is 1.11 bits per heavy atom. The minimum absolute atomic E-state index is 0.128. The van der Waals surface area contributed by atoms with E-state index in [1.54, 1.807) is 9.80 Å². The molecule has 2 N–H and O–H groups in total. The van der Waals surface area contributed by atoms with Gasteiger partial charge in [0, 0.05) is 26.2 Å². The van der Waals surface area contributed by atoms with Crippen molar-refractivity contribution in [1.29, 1.82) is 0 Å². The molecule has 6 nitrogen and oxygen atoms in total. The Bertz CT molecular complexity index is 361. The Labute approximate surface area is 113 Å². The van der Waals surface area contributed by atoms with Gasteiger partial charge in [-0.3, -0.25) is 4.79 Å². The number of nitrogens with zero attached hydrogens (tertiary/aromatic N) is 2. The fourth-order valence-corrected chi connectivity index (χ4v) is 2.78. The predicted octanol–water partition coefficient (Wildman–Crippen LogP) is 0.606. The lowest BCUT2D eigenvalue weighted by atomic mass is 9.96. The van der Waals surface area contributed by atoms with Crippen LogP contribution in [0.4, 0.5) is 4.79 Å². The maximum absolute atomic E-state index is 12.3. The lowest BCUT2D eigenvalue weighted by Gasteiger charge is -2.39. The Kier molecular flexibility index (Phi) is 4.29. The van der Waals surface area contributed by atoms with E-state index in [4.69, 9.17) is 5.11 Å². The first-order chi connectivity index (χ1) is 8.99. The highest BCUT2D eigenvalue weighted by Crippen LogP contribution is 2.21. The van der Waals surface area contributed by atoms with Crippen molar-refractivity contribution in [3.63, 3.8) is 0 Å². The first-order valence-corrected chi connectivity index (χ1v) is 6.93. The van der Waals surface area contributed by atoms with E-state index in [1.165, 1.54) is 0 Å². The topological polar surface area (TPSA) is 81.1 Å². The van der Waals surface area contributed by atoms with Crippen LogP contribution in [-0.4, -0.2) is 64.3 Å². The van der Waals surface area contributed by atoms with Crippen LogP contribution in [0.15, 0.2) is 0 Å². The number of hydrogen-bond acceptors (Lipinski definition) is 3. The van der Waals surface area contributed by atoms with E-state index in [9.17, 15) is 14.7 Å². The molecule has 3 atom stereocenters. The van der Waals surface area contributed by atoms with Crippen LogP contribution in [0.2, 0.25) is 0 Å². The van der Waals surface area contributed by atoms with Crippen molar-refractivity contribution in [3.05, 3.63) is 0 Å². The van der Waals surface area contributed by atoms with Gasteiger partial charge in [-0.15, -0.1) is 0 Å². The van der Waals surface area contributed by atoms with Crippen LogP contribution in [0, 0.1) is 11.8 Å². The maximum atomic E-state index is 12.3. The molecule has 0 aromatic carbocycles.